The van der Waals surface area contributed by atoms with Crippen LogP contribution in [0, 0.1) is 0 Å². The molecule has 6 heteroatoms. The molecule has 2 bridgehead atoms. The number of rotatable bonds is 2. The van der Waals surface area contributed by atoms with Crippen molar-refractivity contribution in [2.75, 3.05) is 39.4 Å². The molecular formula is C12H21N3O3. The molecule has 3 heterocycles. The molecule has 0 radical (unpaired) electrons. The van der Waals surface area contributed by atoms with Gasteiger partial charge in [0.2, 0.25) is 0 Å². The first-order chi connectivity index (χ1) is 8.74. The monoisotopic (exact) mass is 255 g/mol. The van der Waals surface area contributed by atoms with Gasteiger partial charge in [0, 0.05) is 44.3 Å². The number of fused-ring (bicyclic) bond motifs is 2. The van der Waals surface area contributed by atoms with Gasteiger partial charge in [-0.25, -0.2) is 4.79 Å². The van der Waals surface area contributed by atoms with Crippen LogP contribution in [0.4, 0.5) is 4.79 Å². The van der Waals surface area contributed by atoms with Crippen molar-refractivity contribution < 1.29 is 14.6 Å². The molecule has 3 aliphatic heterocycles. The normalized spacial score (nSPS) is 36.9. The van der Waals surface area contributed by atoms with Crippen LogP contribution in [-0.2, 0) is 4.74 Å². The molecule has 1 amide bonds. The molecule has 2 unspecified atom stereocenters. The first kappa shape index (κ1) is 12.2. The van der Waals surface area contributed by atoms with Crippen molar-refractivity contribution in [1.29, 1.82) is 0 Å². The maximum atomic E-state index is 11.0. The molecule has 3 rings (SSSR count). The van der Waals surface area contributed by atoms with E-state index in [1.54, 1.807) is 0 Å². The number of nitrogens with one attached hydrogen (secondary N) is 1. The summed E-state index contributed by atoms with van der Waals surface area (Å²) in [4.78, 5) is 15.0. The molecule has 3 aliphatic rings. The number of piperazine rings is 1. The molecule has 3 fully saturated rings. The third kappa shape index (κ3) is 2.32. The summed E-state index contributed by atoms with van der Waals surface area (Å²) in [5.74, 6) is 0. The van der Waals surface area contributed by atoms with Crippen molar-refractivity contribution in [1.82, 2.24) is 15.1 Å². The van der Waals surface area contributed by atoms with Crippen LogP contribution in [0.15, 0.2) is 0 Å². The average Bonchev–Trinajstić information content (AvgIpc) is 2.61. The Labute approximate surface area is 107 Å². The van der Waals surface area contributed by atoms with Crippen molar-refractivity contribution in [2.24, 2.45) is 0 Å². The Bertz CT molecular complexity index is 310. The lowest BCUT2D eigenvalue weighted by Crippen LogP contribution is -2.59. The number of morpholine rings is 1. The summed E-state index contributed by atoms with van der Waals surface area (Å²) in [6, 6.07) is 1.35. The quantitative estimate of drug-likeness (QED) is 0.715. The van der Waals surface area contributed by atoms with E-state index in [4.69, 9.17) is 9.84 Å². The molecule has 6 nitrogen and oxygen atoms in total. The number of carboxylic acid groups (broad SMARTS) is 1. The highest BCUT2D eigenvalue weighted by Gasteiger charge is 2.38. The first-order valence-electron chi connectivity index (χ1n) is 6.79. The first-order valence-corrected chi connectivity index (χ1v) is 6.79. The van der Waals surface area contributed by atoms with Crippen LogP contribution >= 0.6 is 0 Å². The second-order valence-corrected chi connectivity index (χ2v) is 5.50. The number of hydrogen-bond donors (Lipinski definition) is 2. The van der Waals surface area contributed by atoms with Crippen molar-refractivity contribution in [3.05, 3.63) is 0 Å². The van der Waals surface area contributed by atoms with E-state index in [1.165, 1.54) is 17.7 Å². The molecule has 0 aromatic carbocycles. The summed E-state index contributed by atoms with van der Waals surface area (Å²) in [6.07, 6.45) is 1.64. The van der Waals surface area contributed by atoms with Gasteiger partial charge < -0.3 is 20.1 Å². The van der Waals surface area contributed by atoms with Crippen molar-refractivity contribution in [2.45, 2.75) is 31.0 Å². The smallest absolute Gasteiger partial charge is 0.407 e. The molecule has 0 spiro atoms. The zero-order valence-electron chi connectivity index (χ0n) is 10.5. The summed E-state index contributed by atoms with van der Waals surface area (Å²) in [5.41, 5.74) is 0. The minimum Gasteiger partial charge on any atom is -0.465 e. The van der Waals surface area contributed by atoms with E-state index in [2.05, 4.69) is 10.2 Å². The van der Waals surface area contributed by atoms with Crippen LogP contribution in [0.25, 0.3) is 0 Å². The van der Waals surface area contributed by atoms with Crippen LogP contribution in [0.2, 0.25) is 0 Å². The lowest BCUT2D eigenvalue weighted by Gasteiger charge is -2.40. The molecule has 102 valence electrons. The van der Waals surface area contributed by atoms with Gasteiger partial charge in [-0.05, 0) is 12.8 Å². The van der Waals surface area contributed by atoms with Gasteiger partial charge in [-0.2, -0.15) is 0 Å². The molecule has 3 atom stereocenters. The van der Waals surface area contributed by atoms with E-state index in [1.807, 2.05) is 0 Å². The Morgan fingerprint density at radius 1 is 1.33 bits per heavy atom. The van der Waals surface area contributed by atoms with Crippen LogP contribution in [0.1, 0.15) is 12.8 Å². The third-order valence-electron chi connectivity index (χ3n) is 4.35. The van der Waals surface area contributed by atoms with E-state index in [0.717, 1.165) is 26.3 Å². The fraction of sp³-hybridized carbons (Fsp3) is 0.917. The molecule has 0 aromatic rings. The molecular weight excluding hydrogens is 234 g/mol. The zero-order chi connectivity index (χ0) is 12.5. The minimum absolute atomic E-state index is 0.260. The van der Waals surface area contributed by atoms with Gasteiger partial charge in [0.1, 0.15) is 0 Å². The van der Waals surface area contributed by atoms with Crippen LogP contribution in [0.5, 0.6) is 0 Å². The lowest BCUT2D eigenvalue weighted by molar-refractivity contribution is -0.0212. The van der Waals surface area contributed by atoms with Crippen LogP contribution in [0.3, 0.4) is 0 Å². The molecule has 18 heavy (non-hydrogen) atoms. The fourth-order valence-electron chi connectivity index (χ4n) is 3.39. The highest BCUT2D eigenvalue weighted by atomic mass is 16.5. The Morgan fingerprint density at radius 3 is 2.72 bits per heavy atom. The van der Waals surface area contributed by atoms with Crippen molar-refractivity contribution in [3.8, 4) is 0 Å². The minimum atomic E-state index is -0.800. The Balaban J connectivity index is 1.57. The topological polar surface area (TPSA) is 65.0 Å². The number of hydrogen-bond acceptors (Lipinski definition) is 4. The number of amides is 1. The Kier molecular flexibility index (Phi) is 3.41. The SMILES string of the molecule is O=C(O)N1CCN[C@@H](CN2C3CCC2COC3)C1. The van der Waals surface area contributed by atoms with Gasteiger partial charge in [-0.15, -0.1) is 0 Å². The largest absolute Gasteiger partial charge is 0.465 e. The Hall–Kier alpha value is -0.850. The summed E-state index contributed by atoms with van der Waals surface area (Å²) < 4.78 is 5.57. The number of nitrogens with zero attached hydrogens (tertiary/aromatic N) is 2. The van der Waals surface area contributed by atoms with Gasteiger partial charge in [-0.1, -0.05) is 0 Å². The maximum absolute atomic E-state index is 11.0. The van der Waals surface area contributed by atoms with E-state index < -0.39 is 6.09 Å². The Morgan fingerprint density at radius 2 is 2.06 bits per heavy atom. The highest BCUT2D eigenvalue weighted by molar-refractivity contribution is 5.65. The standard InChI is InChI=1S/C12H21N3O3/c16-12(17)14-4-3-13-9(5-14)6-15-10-1-2-11(15)8-18-7-10/h9-11,13H,1-8H2,(H,16,17)/t9-,10?,11?/m1/s1. The molecule has 3 saturated heterocycles. The van der Waals surface area contributed by atoms with Crippen molar-refractivity contribution >= 4 is 6.09 Å². The maximum Gasteiger partial charge on any atom is 0.407 e. The van der Waals surface area contributed by atoms with Crippen LogP contribution in [-0.4, -0.2) is 78.5 Å². The highest BCUT2D eigenvalue weighted by Crippen LogP contribution is 2.28. The molecule has 0 aliphatic carbocycles. The van der Waals surface area contributed by atoms with Gasteiger partial charge in [0.15, 0.2) is 0 Å². The second kappa shape index (κ2) is 5.03. The van der Waals surface area contributed by atoms with E-state index in [0.29, 0.717) is 25.2 Å². The third-order valence-corrected chi connectivity index (χ3v) is 4.35. The molecule has 0 saturated carbocycles. The summed E-state index contributed by atoms with van der Waals surface area (Å²) in [5, 5.41) is 12.5. The summed E-state index contributed by atoms with van der Waals surface area (Å²) >= 11 is 0. The van der Waals surface area contributed by atoms with Gasteiger partial charge in [0.05, 0.1) is 13.2 Å². The second-order valence-electron chi connectivity index (χ2n) is 5.50. The van der Waals surface area contributed by atoms with Crippen molar-refractivity contribution in [3.63, 3.8) is 0 Å². The summed E-state index contributed by atoms with van der Waals surface area (Å²) in [7, 11) is 0. The van der Waals surface area contributed by atoms with Gasteiger partial charge >= 0.3 is 6.09 Å². The number of ether oxygens (including phenoxy) is 1. The van der Waals surface area contributed by atoms with Gasteiger partial charge in [-0.3, -0.25) is 4.90 Å². The lowest BCUT2D eigenvalue weighted by atomic mass is 10.1. The fourth-order valence-corrected chi connectivity index (χ4v) is 3.39. The predicted molar refractivity (Wildman–Crippen MR) is 65.7 cm³/mol. The van der Waals surface area contributed by atoms with Gasteiger partial charge in [0.25, 0.3) is 0 Å². The average molecular weight is 255 g/mol. The van der Waals surface area contributed by atoms with E-state index >= 15 is 0 Å². The predicted octanol–water partition coefficient (Wildman–Crippen LogP) is -0.199. The summed E-state index contributed by atoms with van der Waals surface area (Å²) in [6.45, 7) is 4.59. The van der Waals surface area contributed by atoms with E-state index in [-0.39, 0.29) is 6.04 Å². The van der Waals surface area contributed by atoms with Crippen LogP contribution < -0.4 is 5.32 Å². The number of carbonyl (C=O) groups is 1. The van der Waals surface area contributed by atoms with E-state index in [9.17, 15) is 4.79 Å². The molecule has 2 N–H and O–H groups in total. The molecule has 0 aromatic heterocycles. The zero-order valence-corrected chi connectivity index (χ0v) is 10.5.